The fourth-order valence-corrected chi connectivity index (χ4v) is 3.42. The molecule has 3 aromatic rings. The summed E-state index contributed by atoms with van der Waals surface area (Å²) in [4.78, 5) is 4.57. The molecule has 7 heteroatoms. The van der Waals surface area contributed by atoms with E-state index in [-0.39, 0.29) is 0 Å². The van der Waals surface area contributed by atoms with Crippen molar-refractivity contribution >= 4 is 11.9 Å². The van der Waals surface area contributed by atoms with Crippen molar-refractivity contribution in [2.75, 3.05) is 19.4 Å². The maximum Gasteiger partial charge on any atom is 0.258 e. The molecule has 0 saturated heterocycles. The van der Waals surface area contributed by atoms with Crippen molar-refractivity contribution in [3.8, 4) is 34.7 Å². The van der Waals surface area contributed by atoms with Crippen molar-refractivity contribution in [2.45, 2.75) is 20.3 Å². The van der Waals surface area contributed by atoms with E-state index in [9.17, 15) is 5.26 Å². The first-order chi connectivity index (χ1) is 13.7. The molecule has 0 amide bonds. The van der Waals surface area contributed by atoms with Crippen LogP contribution >= 0.6 is 11.9 Å². The van der Waals surface area contributed by atoms with E-state index >= 15 is 0 Å². The summed E-state index contributed by atoms with van der Waals surface area (Å²) >= 11 is 1.71. The lowest BCUT2D eigenvalue weighted by Crippen LogP contribution is -2.10. The fraction of sp³-hybridized carbons (Fsp3) is 0.286. The maximum atomic E-state index is 9.29. The van der Waals surface area contributed by atoms with Gasteiger partial charge in [-0.15, -0.1) is 0 Å². The highest BCUT2D eigenvalue weighted by atomic mass is 32.2. The van der Waals surface area contributed by atoms with Crippen LogP contribution in [-0.4, -0.2) is 29.5 Å². The van der Waals surface area contributed by atoms with Crippen LogP contribution in [0.4, 0.5) is 0 Å². The summed E-state index contributed by atoms with van der Waals surface area (Å²) in [6.45, 7) is 5.08. The Labute approximate surface area is 169 Å². The van der Waals surface area contributed by atoms with Crippen LogP contribution in [0, 0.1) is 18.3 Å². The molecular formula is C21H22N4O2S. The topological polar surface area (TPSA) is 84.0 Å². The van der Waals surface area contributed by atoms with Gasteiger partial charge in [0.15, 0.2) is 0 Å². The Balaban J connectivity index is 1.90. The number of nitriles is 1. The van der Waals surface area contributed by atoms with Crippen molar-refractivity contribution in [2.24, 2.45) is 0 Å². The number of hydrogen-bond donors (Lipinski definition) is 1. The van der Waals surface area contributed by atoms with Gasteiger partial charge < -0.3 is 9.26 Å². The number of aryl methyl sites for hydroxylation is 1. The number of nitrogens with zero attached hydrogens (tertiary/aromatic N) is 3. The molecule has 0 spiro atoms. The molecule has 28 heavy (non-hydrogen) atoms. The Bertz CT molecular complexity index is 994. The number of hydrogen-bond acceptors (Lipinski definition) is 7. The third-order valence-corrected chi connectivity index (χ3v) is 5.06. The standard InChI is InChI=1S/C21H22N4O2S/c1-4-28-23-11-10-17-14(2)6-5-7-18(17)20-24-21(27-25-20)15-8-9-19(26-3)16(12-15)13-22/h5-9,12,23H,4,10-11H2,1-3H3. The van der Waals surface area contributed by atoms with Gasteiger partial charge in [-0.3, -0.25) is 4.72 Å². The van der Waals surface area contributed by atoms with Crippen LogP contribution in [0.15, 0.2) is 40.9 Å². The molecule has 2 aromatic carbocycles. The van der Waals surface area contributed by atoms with Gasteiger partial charge in [-0.05, 0) is 42.7 Å². The molecule has 0 aliphatic heterocycles. The Kier molecular flexibility index (Phi) is 6.69. The molecule has 3 rings (SSSR count). The van der Waals surface area contributed by atoms with Crippen molar-refractivity contribution < 1.29 is 9.26 Å². The molecule has 0 atom stereocenters. The van der Waals surface area contributed by atoms with Crippen LogP contribution in [0.3, 0.4) is 0 Å². The highest BCUT2D eigenvalue weighted by Crippen LogP contribution is 2.29. The summed E-state index contributed by atoms with van der Waals surface area (Å²) in [7, 11) is 1.54. The molecule has 6 nitrogen and oxygen atoms in total. The Morgan fingerprint density at radius 1 is 1.29 bits per heavy atom. The van der Waals surface area contributed by atoms with Crippen LogP contribution in [0.5, 0.6) is 5.75 Å². The zero-order chi connectivity index (χ0) is 19.9. The van der Waals surface area contributed by atoms with Crippen molar-refractivity contribution in [1.82, 2.24) is 14.9 Å². The van der Waals surface area contributed by atoms with E-state index in [0.717, 1.165) is 24.3 Å². The molecule has 0 saturated carbocycles. The van der Waals surface area contributed by atoms with Gasteiger partial charge in [0.25, 0.3) is 5.89 Å². The van der Waals surface area contributed by atoms with Crippen LogP contribution in [0.25, 0.3) is 22.8 Å². The molecule has 0 unspecified atom stereocenters. The summed E-state index contributed by atoms with van der Waals surface area (Å²) in [5.41, 5.74) is 4.48. The first-order valence-electron chi connectivity index (χ1n) is 9.03. The van der Waals surface area contributed by atoms with Gasteiger partial charge in [0.2, 0.25) is 5.82 Å². The summed E-state index contributed by atoms with van der Waals surface area (Å²) in [5, 5.41) is 13.5. The van der Waals surface area contributed by atoms with E-state index in [1.807, 2.05) is 12.1 Å². The smallest absolute Gasteiger partial charge is 0.258 e. The summed E-state index contributed by atoms with van der Waals surface area (Å²) in [6, 6.07) is 13.5. The van der Waals surface area contributed by atoms with E-state index < -0.39 is 0 Å². The molecular weight excluding hydrogens is 372 g/mol. The van der Waals surface area contributed by atoms with Crippen LogP contribution in [0.2, 0.25) is 0 Å². The number of aromatic nitrogens is 2. The molecule has 0 bridgehead atoms. The lowest BCUT2D eigenvalue weighted by Gasteiger charge is -2.10. The van der Waals surface area contributed by atoms with Gasteiger partial charge in [-0.2, -0.15) is 10.2 Å². The zero-order valence-electron chi connectivity index (χ0n) is 16.2. The highest BCUT2D eigenvalue weighted by molar-refractivity contribution is 7.97. The van der Waals surface area contributed by atoms with Crippen molar-refractivity contribution in [3.05, 3.63) is 53.1 Å². The third-order valence-electron chi connectivity index (χ3n) is 4.37. The average molecular weight is 395 g/mol. The van der Waals surface area contributed by atoms with Gasteiger partial charge in [0.1, 0.15) is 11.8 Å². The summed E-state index contributed by atoms with van der Waals surface area (Å²) in [5.74, 6) is 2.47. The molecule has 1 heterocycles. The summed E-state index contributed by atoms with van der Waals surface area (Å²) < 4.78 is 14.0. The minimum absolute atomic E-state index is 0.376. The van der Waals surface area contributed by atoms with E-state index in [4.69, 9.17) is 9.26 Å². The maximum absolute atomic E-state index is 9.29. The van der Waals surface area contributed by atoms with Gasteiger partial charge in [-0.25, -0.2) is 0 Å². The first-order valence-corrected chi connectivity index (χ1v) is 10.0. The van der Waals surface area contributed by atoms with Crippen molar-refractivity contribution in [1.29, 1.82) is 5.26 Å². The van der Waals surface area contributed by atoms with Crippen LogP contribution in [-0.2, 0) is 6.42 Å². The largest absolute Gasteiger partial charge is 0.495 e. The van der Waals surface area contributed by atoms with Crippen LogP contribution in [0.1, 0.15) is 23.6 Å². The Morgan fingerprint density at radius 3 is 2.89 bits per heavy atom. The monoisotopic (exact) mass is 394 g/mol. The number of nitrogens with one attached hydrogen (secondary N) is 1. The predicted molar refractivity (Wildman–Crippen MR) is 111 cm³/mol. The SMILES string of the molecule is CCSNCCc1c(C)cccc1-c1noc(-c2ccc(OC)c(C#N)c2)n1. The third kappa shape index (κ3) is 4.35. The summed E-state index contributed by atoms with van der Waals surface area (Å²) in [6.07, 6.45) is 0.875. The highest BCUT2D eigenvalue weighted by Gasteiger charge is 2.16. The molecule has 1 aromatic heterocycles. The second kappa shape index (κ2) is 9.40. The van der Waals surface area contributed by atoms with E-state index in [1.165, 1.54) is 18.2 Å². The number of benzene rings is 2. The second-order valence-corrected chi connectivity index (χ2v) is 7.28. The van der Waals surface area contributed by atoms with Crippen LogP contribution < -0.4 is 9.46 Å². The minimum Gasteiger partial charge on any atom is -0.495 e. The predicted octanol–water partition coefficient (Wildman–Crippen LogP) is 4.39. The van der Waals surface area contributed by atoms with Gasteiger partial charge >= 0.3 is 0 Å². The molecule has 0 radical (unpaired) electrons. The van der Waals surface area contributed by atoms with Gasteiger partial charge in [-0.1, -0.05) is 42.2 Å². The number of rotatable bonds is 8. The lowest BCUT2D eigenvalue weighted by molar-refractivity contribution is 0.413. The zero-order valence-corrected chi connectivity index (χ0v) is 17.0. The number of ether oxygens (including phenoxy) is 1. The second-order valence-electron chi connectivity index (χ2n) is 6.13. The van der Waals surface area contributed by atoms with E-state index in [0.29, 0.717) is 28.6 Å². The Morgan fingerprint density at radius 2 is 2.14 bits per heavy atom. The van der Waals surface area contributed by atoms with Gasteiger partial charge in [0.05, 0.1) is 12.7 Å². The fourth-order valence-electron chi connectivity index (χ4n) is 2.97. The van der Waals surface area contributed by atoms with E-state index in [1.54, 1.807) is 30.1 Å². The Hall–Kier alpha value is -2.82. The number of methoxy groups -OCH3 is 1. The molecule has 144 valence electrons. The quantitative estimate of drug-likeness (QED) is 0.448. The molecule has 0 aliphatic rings. The van der Waals surface area contributed by atoms with Gasteiger partial charge in [0, 0.05) is 23.4 Å². The minimum atomic E-state index is 0.376. The molecule has 1 N–H and O–H groups in total. The van der Waals surface area contributed by atoms with Crippen molar-refractivity contribution in [3.63, 3.8) is 0 Å². The lowest BCUT2D eigenvalue weighted by atomic mass is 9.98. The average Bonchev–Trinajstić information content (AvgIpc) is 3.21. The molecule has 0 fully saturated rings. The first kappa shape index (κ1) is 19.9. The molecule has 0 aliphatic carbocycles. The normalized spacial score (nSPS) is 10.6. The van der Waals surface area contributed by atoms with E-state index in [2.05, 4.69) is 40.8 Å².